The summed E-state index contributed by atoms with van der Waals surface area (Å²) in [6.45, 7) is 4.90. The molecule has 0 saturated carbocycles. The minimum atomic E-state index is -0.182. The molecule has 1 aliphatic heterocycles. The number of anilines is 1. The Labute approximate surface area is 156 Å². The number of hydrogen-bond acceptors (Lipinski definition) is 5. The van der Waals surface area contributed by atoms with Gasteiger partial charge in [0.15, 0.2) is 0 Å². The van der Waals surface area contributed by atoms with Crippen molar-refractivity contribution < 1.29 is 4.79 Å². The third-order valence-electron chi connectivity index (χ3n) is 4.50. The van der Waals surface area contributed by atoms with Crippen LogP contribution in [0.4, 0.5) is 5.69 Å². The molecule has 0 radical (unpaired) electrons. The van der Waals surface area contributed by atoms with Gasteiger partial charge in [0, 0.05) is 42.6 Å². The molecule has 0 bridgehead atoms. The van der Waals surface area contributed by atoms with Crippen molar-refractivity contribution in [3.05, 3.63) is 75.5 Å². The Morgan fingerprint density at radius 2 is 2.15 bits per heavy atom. The molecule has 3 heterocycles. The van der Waals surface area contributed by atoms with Crippen LogP contribution in [0.25, 0.3) is 0 Å². The first-order valence-electron chi connectivity index (χ1n) is 8.65. The summed E-state index contributed by atoms with van der Waals surface area (Å²) < 4.78 is 0. The van der Waals surface area contributed by atoms with E-state index in [0.29, 0.717) is 5.69 Å². The third kappa shape index (κ3) is 3.81. The van der Waals surface area contributed by atoms with Gasteiger partial charge in [0.05, 0.1) is 5.01 Å². The Kier molecular flexibility index (Phi) is 4.77. The van der Waals surface area contributed by atoms with Crippen molar-refractivity contribution in [3.8, 4) is 0 Å². The van der Waals surface area contributed by atoms with E-state index in [0.717, 1.165) is 36.8 Å². The summed E-state index contributed by atoms with van der Waals surface area (Å²) in [5.41, 5.74) is 3.87. The number of fused-ring (bicyclic) bond motifs is 1. The number of benzene rings is 1. The smallest absolute Gasteiger partial charge is 0.274 e. The number of carbonyl (C=O) groups is 1. The molecule has 1 aromatic carbocycles. The number of hydrogen-bond donors (Lipinski definition) is 1. The Balaban J connectivity index is 1.46. The Morgan fingerprint density at radius 3 is 2.92 bits per heavy atom. The molecular weight excluding hydrogens is 344 g/mol. The van der Waals surface area contributed by atoms with E-state index in [9.17, 15) is 4.79 Å². The molecule has 0 spiro atoms. The fourth-order valence-corrected chi connectivity index (χ4v) is 4.06. The molecule has 0 unspecified atom stereocenters. The molecule has 5 nitrogen and oxygen atoms in total. The van der Waals surface area contributed by atoms with Crippen LogP contribution in [0, 0.1) is 6.92 Å². The molecule has 6 heteroatoms. The van der Waals surface area contributed by atoms with E-state index in [4.69, 9.17) is 0 Å². The molecule has 2 aromatic heterocycles. The van der Waals surface area contributed by atoms with E-state index >= 15 is 0 Å². The largest absolute Gasteiger partial charge is 0.321 e. The number of aryl methyl sites for hydroxylation is 1. The van der Waals surface area contributed by atoms with Crippen molar-refractivity contribution in [2.75, 3.05) is 11.9 Å². The van der Waals surface area contributed by atoms with Gasteiger partial charge in [-0.15, -0.1) is 11.3 Å². The number of rotatable bonds is 4. The standard InChI is InChI=1S/C20H20N4OS/c1-14-22-11-18(26-14)13-24-9-7-15-5-6-17(10-16(15)12-24)23-20(25)19-4-2-3-8-21-19/h2-6,8,10-11H,7,9,12-13H2,1H3,(H,23,25). The first kappa shape index (κ1) is 16.9. The maximum absolute atomic E-state index is 12.3. The Bertz CT molecular complexity index is 923. The van der Waals surface area contributed by atoms with Crippen molar-refractivity contribution in [1.29, 1.82) is 0 Å². The third-order valence-corrected chi connectivity index (χ3v) is 5.40. The molecule has 0 fully saturated rings. The van der Waals surface area contributed by atoms with Gasteiger partial charge in [-0.25, -0.2) is 4.98 Å². The summed E-state index contributed by atoms with van der Waals surface area (Å²) in [6, 6.07) is 11.5. The van der Waals surface area contributed by atoms with Crippen molar-refractivity contribution >= 4 is 22.9 Å². The molecule has 1 N–H and O–H groups in total. The van der Waals surface area contributed by atoms with Crippen LogP contribution >= 0.6 is 11.3 Å². The fourth-order valence-electron chi connectivity index (χ4n) is 3.22. The number of nitrogens with one attached hydrogen (secondary N) is 1. The summed E-state index contributed by atoms with van der Waals surface area (Å²) in [5, 5.41) is 4.06. The molecule has 1 amide bonds. The van der Waals surface area contributed by atoms with Gasteiger partial charge >= 0.3 is 0 Å². The van der Waals surface area contributed by atoms with Gasteiger partial charge in [0.25, 0.3) is 5.91 Å². The van der Waals surface area contributed by atoms with Crippen LogP contribution in [0.2, 0.25) is 0 Å². The van der Waals surface area contributed by atoms with E-state index < -0.39 is 0 Å². The molecule has 3 aromatic rings. The van der Waals surface area contributed by atoms with Gasteiger partial charge in [-0.1, -0.05) is 12.1 Å². The average molecular weight is 364 g/mol. The van der Waals surface area contributed by atoms with Crippen LogP contribution < -0.4 is 5.32 Å². The molecule has 0 aliphatic carbocycles. The van der Waals surface area contributed by atoms with Crippen molar-refractivity contribution in [1.82, 2.24) is 14.9 Å². The normalized spacial score (nSPS) is 14.0. The first-order chi connectivity index (χ1) is 12.7. The van der Waals surface area contributed by atoms with E-state index in [-0.39, 0.29) is 5.91 Å². The number of aromatic nitrogens is 2. The zero-order chi connectivity index (χ0) is 17.9. The lowest BCUT2D eigenvalue weighted by Gasteiger charge is -2.28. The Hall–Kier alpha value is -2.57. The first-order valence-corrected chi connectivity index (χ1v) is 9.47. The number of amides is 1. The average Bonchev–Trinajstić information content (AvgIpc) is 3.07. The predicted octanol–water partition coefficient (Wildman–Crippen LogP) is 3.66. The number of pyridine rings is 1. The molecule has 1 aliphatic rings. The zero-order valence-corrected chi connectivity index (χ0v) is 15.4. The van der Waals surface area contributed by atoms with Crippen molar-refractivity contribution in [2.24, 2.45) is 0 Å². The van der Waals surface area contributed by atoms with Gasteiger partial charge < -0.3 is 5.32 Å². The van der Waals surface area contributed by atoms with Gasteiger partial charge in [-0.2, -0.15) is 0 Å². The lowest BCUT2D eigenvalue weighted by Crippen LogP contribution is -2.29. The van der Waals surface area contributed by atoms with Crippen LogP contribution in [-0.2, 0) is 19.5 Å². The van der Waals surface area contributed by atoms with Crippen LogP contribution in [0.1, 0.15) is 31.5 Å². The highest BCUT2D eigenvalue weighted by Gasteiger charge is 2.18. The second-order valence-corrected chi connectivity index (χ2v) is 7.78. The monoisotopic (exact) mass is 364 g/mol. The minimum absolute atomic E-state index is 0.182. The zero-order valence-electron chi connectivity index (χ0n) is 14.6. The van der Waals surface area contributed by atoms with Gasteiger partial charge in [0.1, 0.15) is 5.69 Å². The quantitative estimate of drug-likeness (QED) is 0.768. The summed E-state index contributed by atoms with van der Waals surface area (Å²) in [4.78, 5) is 24.5. The number of thiazole rings is 1. The molecule has 132 valence electrons. The summed E-state index contributed by atoms with van der Waals surface area (Å²) in [5.74, 6) is -0.182. The highest BCUT2D eigenvalue weighted by Crippen LogP contribution is 2.25. The predicted molar refractivity (Wildman–Crippen MR) is 103 cm³/mol. The molecule has 26 heavy (non-hydrogen) atoms. The van der Waals surface area contributed by atoms with Gasteiger partial charge in [-0.05, 0) is 48.7 Å². The molecular formula is C20H20N4OS. The van der Waals surface area contributed by atoms with E-state index in [2.05, 4.69) is 32.3 Å². The van der Waals surface area contributed by atoms with Crippen LogP contribution in [0.15, 0.2) is 48.8 Å². The maximum atomic E-state index is 12.3. The Morgan fingerprint density at radius 1 is 1.23 bits per heavy atom. The molecule has 4 rings (SSSR count). The lowest BCUT2D eigenvalue weighted by molar-refractivity contribution is 0.102. The highest BCUT2D eigenvalue weighted by atomic mass is 32.1. The number of carbonyl (C=O) groups excluding carboxylic acids is 1. The summed E-state index contributed by atoms with van der Waals surface area (Å²) in [6.07, 6.45) is 4.63. The van der Waals surface area contributed by atoms with E-state index in [1.807, 2.05) is 25.3 Å². The summed E-state index contributed by atoms with van der Waals surface area (Å²) >= 11 is 1.76. The molecule has 0 saturated heterocycles. The van der Waals surface area contributed by atoms with Crippen LogP contribution in [0.3, 0.4) is 0 Å². The minimum Gasteiger partial charge on any atom is -0.321 e. The lowest BCUT2D eigenvalue weighted by atomic mass is 9.99. The van der Waals surface area contributed by atoms with Crippen molar-refractivity contribution in [3.63, 3.8) is 0 Å². The van der Waals surface area contributed by atoms with E-state index in [1.54, 1.807) is 29.7 Å². The number of nitrogens with zero attached hydrogens (tertiary/aromatic N) is 3. The highest BCUT2D eigenvalue weighted by molar-refractivity contribution is 7.11. The SMILES string of the molecule is Cc1ncc(CN2CCc3ccc(NC(=O)c4ccccn4)cc3C2)s1. The maximum Gasteiger partial charge on any atom is 0.274 e. The second kappa shape index (κ2) is 7.35. The van der Waals surface area contributed by atoms with Crippen LogP contribution in [-0.4, -0.2) is 27.3 Å². The summed E-state index contributed by atoms with van der Waals surface area (Å²) in [7, 11) is 0. The fraction of sp³-hybridized carbons (Fsp3) is 0.250. The van der Waals surface area contributed by atoms with Crippen molar-refractivity contribution in [2.45, 2.75) is 26.4 Å². The van der Waals surface area contributed by atoms with Gasteiger partial charge in [-0.3, -0.25) is 14.7 Å². The van der Waals surface area contributed by atoms with Gasteiger partial charge in [0.2, 0.25) is 0 Å². The second-order valence-electron chi connectivity index (χ2n) is 6.46. The van der Waals surface area contributed by atoms with E-state index in [1.165, 1.54) is 16.0 Å². The van der Waals surface area contributed by atoms with Crippen LogP contribution in [0.5, 0.6) is 0 Å². The topological polar surface area (TPSA) is 58.1 Å². The molecule has 0 atom stereocenters.